The van der Waals surface area contributed by atoms with Crippen molar-refractivity contribution in [1.82, 2.24) is 14.7 Å². The molecular formula is C15H23N3O. The zero-order chi connectivity index (χ0) is 13.8. The standard InChI is InChI=1S/C15H23N3O/c1-13-6-4-5-7-14(13)12-17-8-10-18(11-9-17)15(19)16(2)3/h4-7H,8-12H2,1-3H3. The van der Waals surface area contributed by atoms with Gasteiger partial charge in [-0.2, -0.15) is 0 Å². The molecule has 0 unspecified atom stereocenters. The van der Waals surface area contributed by atoms with Crippen LogP contribution in [0.15, 0.2) is 24.3 Å². The van der Waals surface area contributed by atoms with E-state index in [1.54, 1.807) is 4.90 Å². The van der Waals surface area contributed by atoms with Gasteiger partial charge in [-0.05, 0) is 18.1 Å². The molecule has 4 nitrogen and oxygen atoms in total. The van der Waals surface area contributed by atoms with E-state index in [1.165, 1.54) is 11.1 Å². The van der Waals surface area contributed by atoms with Crippen LogP contribution in [0, 0.1) is 6.92 Å². The van der Waals surface area contributed by atoms with Gasteiger partial charge in [0, 0.05) is 46.8 Å². The lowest BCUT2D eigenvalue weighted by Crippen LogP contribution is -2.51. The highest BCUT2D eigenvalue weighted by Crippen LogP contribution is 2.12. The van der Waals surface area contributed by atoms with Crippen molar-refractivity contribution in [2.45, 2.75) is 13.5 Å². The topological polar surface area (TPSA) is 26.8 Å². The van der Waals surface area contributed by atoms with Gasteiger partial charge in [0.15, 0.2) is 0 Å². The van der Waals surface area contributed by atoms with E-state index in [4.69, 9.17) is 0 Å². The number of urea groups is 1. The molecule has 1 aromatic rings. The SMILES string of the molecule is Cc1ccccc1CN1CCN(C(=O)N(C)C)CC1. The molecule has 1 aliphatic heterocycles. The number of piperazine rings is 1. The molecule has 2 amide bonds. The van der Waals surface area contributed by atoms with Crippen LogP contribution in [-0.4, -0.2) is 61.0 Å². The lowest BCUT2D eigenvalue weighted by atomic mass is 10.1. The Hall–Kier alpha value is -1.55. The highest BCUT2D eigenvalue weighted by Gasteiger charge is 2.22. The Morgan fingerprint density at radius 2 is 1.79 bits per heavy atom. The summed E-state index contributed by atoms with van der Waals surface area (Å²) in [4.78, 5) is 17.8. The average Bonchev–Trinajstić information content (AvgIpc) is 2.41. The van der Waals surface area contributed by atoms with E-state index in [9.17, 15) is 4.79 Å². The van der Waals surface area contributed by atoms with Crippen molar-refractivity contribution in [1.29, 1.82) is 0 Å². The lowest BCUT2D eigenvalue weighted by Gasteiger charge is -2.36. The van der Waals surface area contributed by atoms with Gasteiger partial charge >= 0.3 is 6.03 Å². The number of amides is 2. The summed E-state index contributed by atoms with van der Waals surface area (Å²) in [7, 11) is 3.62. The third-order valence-corrected chi connectivity index (χ3v) is 3.68. The van der Waals surface area contributed by atoms with Gasteiger partial charge in [0.2, 0.25) is 0 Å². The molecule has 0 atom stereocenters. The maximum atomic E-state index is 11.9. The molecule has 0 N–H and O–H groups in total. The summed E-state index contributed by atoms with van der Waals surface area (Å²) in [5.74, 6) is 0. The third-order valence-electron chi connectivity index (χ3n) is 3.68. The number of aryl methyl sites for hydroxylation is 1. The number of benzene rings is 1. The van der Waals surface area contributed by atoms with Gasteiger partial charge in [-0.3, -0.25) is 4.90 Å². The van der Waals surface area contributed by atoms with Crippen molar-refractivity contribution in [2.75, 3.05) is 40.3 Å². The van der Waals surface area contributed by atoms with Crippen LogP contribution < -0.4 is 0 Å². The molecule has 0 aliphatic carbocycles. The number of nitrogens with zero attached hydrogens (tertiary/aromatic N) is 3. The summed E-state index contributed by atoms with van der Waals surface area (Å²) < 4.78 is 0. The molecule has 0 radical (unpaired) electrons. The fraction of sp³-hybridized carbons (Fsp3) is 0.533. The molecule has 104 valence electrons. The zero-order valence-corrected chi connectivity index (χ0v) is 12.1. The monoisotopic (exact) mass is 261 g/mol. The first-order valence-electron chi connectivity index (χ1n) is 6.81. The molecule has 2 rings (SSSR count). The first-order valence-corrected chi connectivity index (χ1v) is 6.81. The molecule has 0 spiro atoms. The first kappa shape index (κ1) is 13.9. The fourth-order valence-corrected chi connectivity index (χ4v) is 2.41. The van der Waals surface area contributed by atoms with Crippen LogP contribution in [0.5, 0.6) is 0 Å². The van der Waals surface area contributed by atoms with Gasteiger partial charge < -0.3 is 9.80 Å². The van der Waals surface area contributed by atoms with E-state index < -0.39 is 0 Å². The van der Waals surface area contributed by atoms with Crippen LogP contribution in [0.25, 0.3) is 0 Å². The Labute approximate surface area is 115 Å². The van der Waals surface area contributed by atoms with Crippen molar-refractivity contribution in [3.63, 3.8) is 0 Å². The van der Waals surface area contributed by atoms with Crippen molar-refractivity contribution in [3.8, 4) is 0 Å². The largest absolute Gasteiger partial charge is 0.331 e. The second kappa shape index (κ2) is 6.06. The number of carbonyl (C=O) groups is 1. The molecule has 19 heavy (non-hydrogen) atoms. The highest BCUT2D eigenvalue weighted by atomic mass is 16.2. The Kier molecular flexibility index (Phi) is 4.43. The molecule has 0 saturated carbocycles. The van der Waals surface area contributed by atoms with Crippen LogP contribution in [0.3, 0.4) is 0 Å². The molecule has 0 bridgehead atoms. The summed E-state index contributed by atoms with van der Waals surface area (Å²) in [6, 6.07) is 8.63. The summed E-state index contributed by atoms with van der Waals surface area (Å²) in [5.41, 5.74) is 2.73. The predicted octanol–water partition coefficient (Wildman–Crippen LogP) is 1.79. The fourth-order valence-electron chi connectivity index (χ4n) is 2.41. The number of hydrogen-bond acceptors (Lipinski definition) is 2. The van der Waals surface area contributed by atoms with Crippen molar-refractivity contribution in [3.05, 3.63) is 35.4 Å². The summed E-state index contributed by atoms with van der Waals surface area (Å²) in [6.45, 7) is 6.69. The van der Waals surface area contributed by atoms with E-state index in [1.807, 2.05) is 19.0 Å². The molecule has 1 fully saturated rings. The molecule has 1 heterocycles. The number of hydrogen-bond donors (Lipinski definition) is 0. The van der Waals surface area contributed by atoms with E-state index in [0.717, 1.165) is 32.7 Å². The van der Waals surface area contributed by atoms with Gasteiger partial charge in [-0.25, -0.2) is 4.79 Å². The normalized spacial score (nSPS) is 16.5. The minimum Gasteiger partial charge on any atom is -0.331 e. The predicted molar refractivity (Wildman–Crippen MR) is 77.1 cm³/mol. The van der Waals surface area contributed by atoms with Gasteiger partial charge in [-0.15, -0.1) is 0 Å². The Bertz CT molecular complexity index is 437. The summed E-state index contributed by atoms with van der Waals surface area (Å²) in [6.07, 6.45) is 0. The van der Waals surface area contributed by atoms with E-state index in [-0.39, 0.29) is 6.03 Å². The third kappa shape index (κ3) is 3.47. The highest BCUT2D eigenvalue weighted by molar-refractivity contribution is 5.73. The Morgan fingerprint density at radius 1 is 1.16 bits per heavy atom. The molecular weight excluding hydrogens is 238 g/mol. The van der Waals surface area contributed by atoms with E-state index in [2.05, 4.69) is 36.1 Å². The minimum atomic E-state index is 0.121. The van der Waals surface area contributed by atoms with Crippen LogP contribution in [0.1, 0.15) is 11.1 Å². The molecule has 4 heteroatoms. The maximum absolute atomic E-state index is 11.9. The van der Waals surface area contributed by atoms with E-state index >= 15 is 0 Å². The smallest absolute Gasteiger partial charge is 0.319 e. The van der Waals surface area contributed by atoms with Gasteiger partial charge in [0.1, 0.15) is 0 Å². The summed E-state index contributed by atoms with van der Waals surface area (Å²) >= 11 is 0. The van der Waals surface area contributed by atoms with Gasteiger partial charge in [-0.1, -0.05) is 24.3 Å². The lowest BCUT2D eigenvalue weighted by molar-refractivity contribution is 0.120. The van der Waals surface area contributed by atoms with Crippen LogP contribution in [-0.2, 0) is 6.54 Å². The van der Waals surface area contributed by atoms with Crippen LogP contribution in [0.2, 0.25) is 0 Å². The van der Waals surface area contributed by atoms with Gasteiger partial charge in [0.05, 0.1) is 0 Å². The van der Waals surface area contributed by atoms with Crippen molar-refractivity contribution < 1.29 is 4.79 Å². The summed E-state index contributed by atoms with van der Waals surface area (Å²) in [5, 5.41) is 0. The van der Waals surface area contributed by atoms with Gasteiger partial charge in [0.25, 0.3) is 0 Å². The number of carbonyl (C=O) groups excluding carboxylic acids is 1. The average molecular weight is 261 g/mol. The first-order chi connectivity index (χ1) is 9.08. The second-order valence-corrected chi connectivity index (χ2v) is 5.37. The quantitative estimate of drug-likeness (QED) is 0.811. The molecule has 1 aromatic carbocycles. The maximum Gasteiger partial charge on any atom is 0.319 e. The minimum absolute atomic E-state index is 0.121. The number of rotatable bonds is 2. The molecule has 0 aromatic heterocycles. The van der Waals surface area contributed by atoms with Crippen LogP contribution >= 0.6 is 0 Å². The Balaban J connectivity index is 1.87. The van der Waals surface area contributed by atoms with Crippen molar-refractivity contribution in [2.24, 2.45) is 0 Å². The zero-order valence-electron chi connectivity index (χ0n) is 12.1. The van der Waals surface area contributed by atoms with E-state index in [0.29, 0.717) is 0 Å². The second-order valence-electron chi connectivity index (χ2n) is 5.37. The van der Waals surface area contributed by atoms with Crippen molar-refractivity contribution >= 4 is 6.03 Å². The molecule has 1 saturated heterocycles. The van der Waals surface area contributed by atoms with Crippen LogP contribution in [0.4, 0.5) is 4.79 Å². The molecule has 1 aliphatic rings. The Morgan fingerprint density at radius 3 is 2.37 bits per heavy atom.